The van der Waals surface area contributed by atoms with Crippen molar-refractivity contribution in [2.75, 3.05) is 19.8 Å². The van der Waals surface area contributed by atoms with Crippen LogP contribution in [0.2, 0.25) is 0 Å². The Labute approximate surface area is 221 Å². The highest BCUT2D eigenvalue weighted by Gasteiger charge is 2.79. The van der Waals surface area contributed by atoms with Crippen molar-refractivity contribution in [1.29, 1.82) is 0 Å². The summed E-state index contributed by atoms with van der Waals surface area (Å²) in [6.45, 7) is 13.6. The first kappa shape index (κ1) is 27.8. The number of esters is 1. The number of nitrogens with zero attached hydrogens (tertiary/aromatic N) is 2. The summed E-state index contributed by atoms with van der Waals surface area (Å²) in [5.41, 5.74) is -2.02. The van der Waals surface area contributed by atoms with Crippen LogP contribution < -0.4 is 0 Å². The van der Waals surface area contributed by atoms with Crippen molar-refractivity contribution in [1.82, 2.24) is 9.80 Å². The molecule has 0 aromatic heterocycles. The van der Waals surface area contributed by atoms with E-state index in [1.165, 1.54) is 6.08 Å². The minimum Gasteiger partial charge on any atom is -0.461 e. The largest absolute Gasteiger partial charge is 0.461 e. The van der Waals surface area contributed by atoms with E-state index < -0.39 is 41.1 Å². The molecule has 1 aliphatic carbocycles. The van der Waals surface area contributed by atoms with Crippen LogP contribution in [-0.4, -0.2) is 81.8 Å². The predicted molar refractivity (Wildman–Crippen MR) is 139 cm³/mol. The van der Waals surface area contributed by atoms with Crippen molar-refractivity contribution >= 4 is 17.8 Å². The van der Waals surface area contributed by atoms with Gasteiger partial charge in [0, 0.05) is 12.6 Å². The number of hydrogen-bond donors (Lipinski definition) is 1. The van der Waals surface area contributed by atoms with Crippen molar-refractivity contribution in [3.8, 4) is 0 Å². The number of ether oxygens (including phenoxy) is 2. The van der Waals surface area contributed by atoms with Gasteiger partial charge in [-0.2, -0.15) is 0 Å². The van der Waals surface area contributed by atoms with Crippen molar-refractivity contribution in [2.24, 2.45) is 17.8 Å². The van der Waals surface area contributed by atoms with E-state index >= 15 is 0 Å². The van der Waals surface area contributed by atoms with Gasteiger partial charge >= 0.3 is 5.97 Å². The van der Waals surface area contributed by atoms with Crippen molar-refractivity contribution in [2.45, 2.75) is 101 Å². The fourth-order valence-electron chi connectivity index (χ4n) is 7.51. The Morgan fingerprint density at radius 1 is 1.24 bits per heavy atom. The zero-order valence-corrected chi connectivity index (χ0v) is 22.7. The summed E-state index contributed by atoms with van der Waals surface area (Å²) in [7, 11) is 0. The summed E-state index contributed by atoms with van der Waals surface area (Å²) >= 11 is 0. The predicted octanol–water partition coefficient (Wildman–Crippen LogP) is 3.23. The van der Waals surface area contributed by atoms with Crippen molar-refractivity contribution < 1.29 is 29.0 Å². The summed E-state index contributed by atoms with van der Waals surface area (Å²) in [5, 5.41) is 10.5. The lowest BCUT2D eigenvalue weighted by Gasteiger charge is -2.43. The molecule has 1 N–H and O–H groups in total. The Morgan fingerprint density at radius 3 is 2.54 bits per heavy atom. The molecule has 3 saturated heterocycles. The molecular weight excluding hydrogens is 472 g/mol. The third kappa shape index (κ3) is 4.44. The summed E-state index contributed by atoms with van der Waals surface area (Å²) in [4.78, 5) is 45.7. The Kier molecular flexibility index (Phi) is 8.19. The molecule has 0 radical (unpaired) electrons. The maximum absolute atomic E-state index is 14.6. The zero-order valence-electron chi connectivity index (χ0n) is 22.7. The highest BCUT2D eigenvalue weighted by atomic mass is 16.6. The lowest BCUT2D eigenvalue weighted by atomic mass is 9.66. The molecule has 4 rings (SSSR count). The number of carbonyl (C=O) groups is 3. The van der Waals surface area contributed by atoms with Gasteiger partial charge in [-0.25, -0.2) is 0 Å². The van der Waals surface area contributed by atoms with Gasteiger partial charge in [0.15, 0.2) is 0 Å². The molecule has 4 aliphatic rings. The standard InChI is InChI=1S/C29H44N2O6/c1-6-16-30(20-12-10-9-11-13-20)26(34)24-29-15-14-28(5,37-29)23(27(35)36-17-7-2)22(29)25(33)31(24)21(18-32)19(4)8-3/h6-7,19-24,32H,1-2,8-18H2,3-5H3/t19-,21-,22-,23+,24?,28-,29?/m0/s1. The normalized spacial score (nSPS) is 34.6. The molecular formula is C29H44N2O6. The van der Waals surface area contributed by atoms with Crippen molar-refractivity contribution in [3.05, 3.63) is 25.3 Å². The minimum absolute atomic E-state index is 0.0408. The molecule has 2 unspecified atom stereocenters. The minimum atomic E-state index is -1.13. The van der Waals surface area contributed by atoms with Gasteiger partial charge in [-0.05, 0) is 38.5 Å². The molecule has 2 amide bonds. The molecule has 8 heteroatoms. The van der Waals surface area contributed by atoms with Crippen LogP contribution in [0.4, 0.5) is 0 Å². The highest BCUT2D eigenvalue weighted by molar-refractivity contribution is 5.99. The summed E-state index contributed by atoms with van der Waals surface area (Å²) in [5.74, 6) is -2.62. The molecule has 37 heavy (non-hydrogen) atoms. The number of rotatable bonds is 11. The second-order valence-corrected chi connectivity index (χ2v) is 11.6. The number of fused-ring (bicyclic) bond motifs is 1. The van der Waals surface area contributed by atoms with Gasteiger partial charge in [-0.3, -0.25) is 14.4 Å². The molecule has 1 spiro atoms. The van der Waals surface area contributed by atoms with Crippen LogP contribution in [0, 0.1) is 17.8 Å². The van der Waals surface area contributed by atoms with Gasteiger partial charge in [0.05, 0.1) is 24.2 Å². The molecule has 0 aromatic carbocycles. The van der Waals surface area contributed by atoms with Crippen LogP contribution in [0.25, 0.3) is 0 Å². The summed E-state index contributed by atoms with van der Waals surface area (Å²) in [6, 6.07) is -1.38. The molecule has 8 nitrogen and oxygen atoms in total. The van der Waals surface area contributed by atoms with E-state index in [9.17, 15) is 19.5 Å². The number of amides is 2. The second kappa shape index (κ2) is 10.9. The van der Waals surface area contributed by atoms with E-state index in [-0.39, 0.29) is 37.0 Å². The molecule has 0 aromatic rings. The number of aliphatic hydroxyl groups is 1. The van der Waals surface area contributed by atoms with E-state index in [2.05, 4.69) is 13.2 Å². The maximum Gasteiger partial charge on any atom is 0.313 e. The van der Waals surface area contributed by atoms with Gasteiger partial charge in [-0.1, -0.05) is 58.3 Å². The first-order valence-electron chi connectivity index (χ1n) is 14.0. The van der Waals surface area contributed by atoms with E-state index in [0.29, 0.717) is 19.4 Å². The first-order valence-corrected chi connectivity index (χ1v) is 14.0. The average molecular weight is 517 g/mol. The number of aliphatic hydroxyl groups excluding tert-OH is 1. The Balaban J connectivity index is 1.81. The Hall–Kier alpha value is -2.19. The summed E-state index contributed by atoms with van der Waals surface area (Å²) in [6.07, 6.45) is 10.1. The third-order valence-electron chi connectivity index (χ3n) is 9.52. The van der Waals surface area contributed by atoms with Crippen LogP contribution in [0.1, 0.15) is 72.1 Å². The van der Waals surface area contributed by atoms with E-state index in [4.69, 9.17) is 9.47 Å². The second-order valence-electron chi connectivity index (χ2n) is 11.6. The molecule has 4 fully saturated rings. The average Bonchev–Trinajstić information content (AvgIpc) is 3.47. The highest BCUT2D eigenvalue weighted by Crippen LogP contribution is 2.64. The first-order chi connectivity index (χ1) is 17.7. The lowest BCUT2D eigenvalue weighted by molar-refractivity contribution is -0.162. The molecule has 206 valence electrons. The lowest BCUT2D eigenvalue weighted by Crippen LogP contribution is -2.61. The number of carbonyl (C=O) groups excluding carboxylic acids is 3. The van der Waals surface area contributed by atoms with E-state index in [0.717, 1.165) is 38.5 Å². The Morgan fingerprint density at radius 2 is 1.95 bits per heavy atom. The van der Waals surface area contributed by atoms with Crippen LogP contribution in [0.5, 0.6) is 0 Å². The fraction of sp³-hybridized carbons (Fsp3) is 0.759. The van der Waals surface area contributed by atoms with E-state index in [1.807, 2.05) is 25.7 Å². The molecule has 7 atom stereocenters. The quantitative estimate of drug-likeness (QED) is 0.335. The monoisotopic (exact) mass is 516 g/mol. The third-order valence-corrected chi connectivity index (χ3v) is 9.52. The zero-order chi connectivity index (χ0) is 27.0. The summed E-state index contributed by atoms with van der Waals surface area (Å²) < 4.78 is 12.1. The van der Waals surface area contributed by atoms with Crippen LogP contribution in [0.3, 0.4) is 0 Å². The smallest absolute Gasteiger partial charge is 0.313 e. The SMILES string of the molecule is C=CCOC(=O)[C@H]1[C@H]2C(=O)N([C@@H](CO)[C@@H](C)CC)C(C(=O)N(CC=C)C3CCCCC3)C23CC[C@]1(C)O3. The Bertz CT molecular complexity index is 916. The van der Waals surface area contributed by atoms with Gasteiger partial charge in [-0.15, -0.1) is 6.58 Å². The van der Waals surface area contributed by atoms with Gasteiger partial charge in [0.25, 0.3) is 0 Å². The van der Waals surface area contributed by atoms with Crippen LogP contribution in [-0.2, 0) is 23.9 Å². The van der Waals surface area contributed by atoms with Crippen LogP contribution >= 0.6 is 0 Å². The van der Waals surface area contributed by atoms with E-state index in [1.54, 1.807) is 11.0 Å². The van der Waals surface area contributed by atoms with Crippen molar-refractivity contribution in [3.63, 3.8) is 0 Å². The van der Waals surface area contributed by atoms with Gasteiger partial charge in [0.2, 0.25) is 11.8 Å². The number of likely N-dealkylation sites (tertiary alicyclic amines) is 1. The fourth-order valence-corrected chi connectivity index (χ4v) is 7.51. The molecule has 2 bridgehead atoms. The molecule has 3 heterocycles. The molecule has 1 saturated carbocycles. The van der Waals surface area contributed by atoms with Crippen LogP contribution in [0.15, 0.2) is 25.3 Å². The van der Waals surface area contributed by atoms with Gasteiger partial charge < -0.3 is 24.4 Å². The topological polar surface area (TPSA) is 96.4 Å². The number of hydrogen-bond acceptors (Lipinski definition) is 6. The maximum atomic E-state index is 14.6. The van der Waals surface area contributed by atoms with Gasteiger partial charge in [0.1, 0.15) is 24.2 Å². The molecule has 3 aliphatic heterocycles.